The van der Waals surface area contributed by atoms with Crippen LogP contribution in [-0.2, 0) is 10.0 Å². The van der Waals surface area contributed by atoms with Crippen LogP contribution in [0.2, 0.25) is 0 Å². The summed E-state index contributed by atoms with van der Waals surface area (Å²) in [5.74, 6) is -0.298. The highest BCUT2D eigenvalue weighted by atomic mass is 79.9. The molecule has 106 valence electrons. The van der Waals surface area contributed by atoms with E-state index >= 15 is 0 Å². The maximum atomic E-state index is 13.0. The van der Waals surface area contributed by atoms with Gasteiger partial charge in [0, 0.05) is 17.6 Å². The van der Waals surface area contributed by atoms with Crippen molar-refractivity contribution in [2.75, 3.05) is 6.54 Å². The Bertz CT molecular complexity index is 530. The fourth-order valence-electron chi connectivity index (χ4n) is 2.18. The van der Waals surface area contributed by atoms with Crippen molar-refractivity contribution in [3.8, 4) is 0 Å². The van der Waals surface area contributed by atoms with Crippen LogP contribution < -0.4 is 4.72 Å². The molecular weight excluding hydrogens is 335 g/mol. The molecule has 1 fully saturated rings. The van der Waals surface area contributed by atoms with E-state index in [4.69, 9.17) is 0 Å². The first-order chi connectivity index (χ1) is 8.97. The van der Waals surface area contributed by atoms with Gasteiger partial charge >= 0.3 is 0 Å². The molecule has 2 rings (SSSR count). The summed E-state index contributed by atoms with van der Waals surface area (Å²) in [5, 5.41) is 0. The number of hydrogen-bond donors (Lipinski definition) is 1. The minimum atomic E-state index is -3.66. The van der Waals surface area contributed by atoms with Crippen LogP contribution in [0, 0.1) is 11.7 Å². The predicted molar refractivity (Wildman–Crippen MR) is 74.1 cm³/mol. The van der Waals surface area contributed by atoms with Gasteiger partial charge in [0.05, 0.1) is 6.20 Å². The quantitative estimate of drug-likeness (QED) is 0.848. The molecule has 1 saturated carbocycles. The molecule has 0 saturated heterocycles. The van der Waals surface area contributed by atoms with E-state index in [2.05, 4.69) is 25.6 Å². The summed E-state index contributed by atoms with van der Waals surface area (Å²) < 4.78 is 39.4. The van der Waals surface area contributed by atoms with E-state index in [0.717, 1.165) is 44.1 Å². The number of alkyl halides is 1. The molecule has 0 radical (unpaired) electrons. The second-order valence-corrected chi connectivity index (χ2v) is 7.87. The van der Waals surface area contributed by atoms with E-state index in [1.165, 1.54) is 0 Å². The summed E-state index contributed by atoms with van der Waals surface area (Å²) in [4.78, 5) is 3.98. The van der Waals surface area contributed by atoms with Crippen molar-refractivity contribution in [1.29, 1.82) is 0 Å². The number of nitrogens with zero attached hydrogens (tertiary/aromatic N) is 1. The minimum absolute atomic E-state index is 0.123. The lowest BCUT2D eigenvalue weighted by atomic mass is 9.89. The maximum Gasteiger partial charge on any atom is 0.242 e. The molecule has 0 bridgehead atoms. The molecular formula is C12H16BrFN2O2S. The number of halogens is 2. The lowest BCUT2D eigenvalue weighted by Gasteiger charge is -2.25. The lowest BCUT2D eigenvalue weighted by Crippen LogP contribution is -2.31. The van der Waals surface area contributed by atoms with Crippen LogP contribution in [0.15, 0.2) is 23.4 Å². The highest BCUT2D eigenvalue weighted by Gasteiger charge is 2.22. The third kappa shape index (κ3) is 4.22. The third-order valence-corrected chi connectivity index (χ3v) is 5.63. The second kappa shape index (κ2) is 6.28. The van der Waals surface area contributed by atoms with Gasteiger partial charge in [-0.1, -0.05) is 15.9 Å². The average molecular weight is 351 g/mol. The first-order valence-electron chi connectivity index (χ1n) is 6.21. The molecule has 7 heteroatoms. The summed E-state index contributed by atoms with van der Waals surface area (Å²) in [6.07, 6.45) is 6.26. The minimum Gasteiger partial charge on any atom is -0.260 e. The summed E-state index contributed by atoms with van der Waals surface area (Å²) in [6, 6.07) is 0.977. The Morgan fingerprint density at radius 3 is 2.63 bits per heavy atom. The van der Waals surface area contributed by atoms with Crippen molar-refractivity contribution < 1.29 is 12.8 Å². The maximum absolute atomic E-state index is 13.0. The lowest BCUT2D eigenvalue weighted by molar-refractivity contribution is 0.366. The highest BCUT2D eigenvalue weighted by molar-refractivity contribution is 9.09. The number of sulfonamides is 1. The topological polar surface area (TPSA) is 59.1 Å². The number of hydrogen-bond acceptors (Lipinski definition) is 3. The first-order valence-corrected chi connectivity index (χ1v) is 8.61. The second-order valence-electron chi connectivity index (χ2n) is 4.81. The van der Waals surface area contributed by atoms with Crippen molar-refractivity contribution in [2.24, 2.45) is 5.92 Å². The molecule has 0 atom stereocenters. The van der Waals surface area contributed by atoms with Gasteiger partial charge in [-0.2, -0.15) is 0 Å². The van der Waals surface area contributed by atoms with Crippen LogP contribution >= 0.6 is 15.9 Å². The van der Waals surface area contributed by atoms with Crippen molar-refractivity contribution in [1.82, 2.24) is 9.71 Å². The van der Waals surface area contributed by atoms with Gasteiger partial charge in [-0.25, -0.2) is 17.5 Å². The Balaban J connectivity index is 1.95. The van der Waals surface area contributed by atoms with Gasteiger partial charge in [-0.05, 0) is 37.7 Å². The number of pyridine rings is 1. The van der Waals surface area contributed by atoms with Crippen LogP contribution in [0.25, 0.3) is 0 Å². The van der Waals surface area contributed by atoms with E-state index in [1.54, 1.807) is 0 Å². The first kappa shape index (κ1) is 14.9. The summed E-state index contributed by atoms with van der Waals surface area (Å²) in [6.45, 7) is 0.401. The fraction of sp³-hybridized carbons (Fsp3) is 0.583. The van der Waals surface area contributed by atoms with Crippen molar-refractivity contribution in [3.05, 3.63) is 24.3 Å². The zero-order chi connectivity index (χ0) is 13.9. The monoisotopic (exact) mass is 350 g/mol. The zero-order valence-electron chi connectivity index (χ0n) is 10.4. The number of aromatic nitrogens is 1. The van der Waals surface area contributed by atoms with E-state index in [9.17, 15) is 12.8 Å². The van der Waals surface area contributed by atoms with Gasteiger partial charge in [0.25, 0.3) is 0 Å². The van der Waals surface area contributed by atoms with Crippen molar-refractivity contribution >= 4 is 26.0 Å². The van der Waals surface area contributed by atoms with E-state index in [-0.39, 0.29) is 4.90 Å². The van der Waals surface area contributed by atoms with E-state index < -0.39 is 15.8 Å². The fourth-order valence-corrected chi connectivity index (χ4v) is 3.79. The molecule has 0 aliphatic heterocycles. The van der Waals surface area contributed by atoms with Crippen LogP contribution in [-0.4, -0.2) is 24.8 Å². The molecule has 0 unspecified atom stereocenters. The molecule has 1 aromatic rings. The predicted octanol–water partition coefficient (Wildman–Crippen LogP) is 2.45. The van der Waals surface area contributed by atoms with Crippen LogP contribution in [0.1, 0.15) is 25.7 Å². The molecule has 19 heavy (non-hydrogen) atoms. The van der Waals surface area contributed by atoms with Crippen LogP contribution in [0.3, 0.4) is 0 Å². The normalized spacial score (nSPS) is 24.3. The van der Waals surface area contributed by atoms with Crippen molar-refractivity contribution in [2.45, 2.75) is 35.4 Å². The van der Waals surface area contributed by atoms with Crippen LogP contribution in [0.4, 0.5) is 4.39 Å². The molecule has 1 aliphatic rings. The molecule has 0 spiro atoms. The number of nitrogens with one attached hydrogen (secondary N) is 1. The molecule has 1 N–H and O–H groups in total. The third-order valence-electron chi connectivity index (χ3n) is 3.33. The van der Waals surface area contributed by atoms with Gasteiger partial charge in [0.2, 0.25) is 10.0 Å². The number of rotatable bonds is 4. The Hall–Kier alpha value is -0.530. The molecule has 0 amide bonds. The van der Waals surface area contributed by atoms with Crippen molar-refractivity contribution in [3.63, 3.8) is 0 Å². The molecule has 1 aromatic heterocycles. The molecule has 0 aromatic carbocycles. The Labute approximate surface area is 121 Å². The standard InChI is InChI=1S/C12H16BrFN2O2S/c13-10-3-1-9(2-4-10)6-16-19(17,18)12-5-11(14)7-15-8-12/h5,7-10,16H,1-4,6H2. The van der Waals surface area contributed by atoms with E-state index in [0.29, 0.717) is 17.3 Å². The SMILES string of the molecule is O=S(=O)(NCC1CCC(Br)CC1)c1cncc(F)c1. The summed E-state index contributed by atoms with van der Waals surface area (Å²) in [5.41, 5.74) is 0. The highest BCUT2D eigenvalue weighted by Crippen LogP contribution is 2.28. The molecule has 1 heterocycles. The van der Waals surface area contributed by atoms with Crippen LogP contribution in [0.5, 0.6) is 0 Å². The Morgan fingerprint density at radius 2 is 2.00 bits per heavy atom. The summed E-state index contributed by atoms with van der Waals surface area (Å²) in [7, 11) is -3.66. The smallest absolute Gasteiger partial charge is 0.242 e. The average Bonchev–Trinajstić information content (AvgIpc) is 2.38. The summed E-state index contributed by atoms with van der Waals surface area (Å²) >= 11 is 3.56. The Kier molecular flexibility index (Phi) is 4.92. The molecule has 4 nitrogen and oxygen atoms in total. The zero-order valence-corrected chi connectivity index (χ0v) is 12.8. The molecule has 1 aliphatic carbocycles. The largest absolute Gasteiger partial charge is 0.260 e. The Morgan fingerprint density at radius 1 is 1.32 bits per heavy atom. The van der Waals surface area contributed by atoms with Gasteiger partial charge in [-0.3, -0.25) is 4.98 Å². The van der Waals surface area contributed by atoms with Gasteiger partial charge in [0.1, 0.15) is 10.7 Å². The van der Waals surface area contributed by atoms with Gasteiger partial charge in [-0.15, -0.1) is 0 Å². The van der Waals surface area contributed by atoms with E-state index in [1.807, 2.05) is 0 Å². The van der Waals surface area contributed by atoms with Gasteiger partial charge < -0.3 is 0 Å². The van der Waals surface area contributed by atoms with Gasteiger partial charge in [0.15, 0.2) is 0 Å².